The molecule has 0 bridgehead atoms. The van der Waals surface area contributed by atoms with Crippen LogP contribution in [0.2, 0.25) is 0 Å². The second kappa shape index (κ2) is 6.22. The number of nitrogen functional groups attached to an aromatic ring is 1. The highest BCUT2D eigenvalue weighted by molar-refractivity contribution is 9.10. The number of benzene rings is 2. The van der Waals surface area contributed by atoms with Gasteiger partial charge in [0.25, 0.3) is 0 Å². The molecule has 0 amide bonds. The largest absolute Gasteiger partial charge is 0.384 e. The van der Waals surface area contributed by atoms with Crippen LogP contribution in [0.5, 0.6) is 0 Å². The molecule has 2 aromatic rings. The molecule has 0 saturated carbocycles. The molecular weight excluding hydrogens is 340 g/mol. The summed E-state index contributed by atoms with van der Waals surface area (Å²) in [6.45, 7) is 0.0679. The minimum atomic E-state index is -0.607. The monoisotopic (exact) mass is 353 g/mol. The van der Waals surface area contributed by atoms with Crippen LogP contribution in [0, 0.1) is 17.0 Å². The van der Waals surface area contributed by atoms with Crippen molar-refractivity contribution in [3.63, 3.8) is 0 Å². The summed E-state index contributed by atoms with van der Waals surface area (Å²) in [6.07, 6.45) is 0. The Balaban J connectivity index is 2.30. The predicted molar refractivity (Wildman–Crippen MR) is 83.6 cm³/mol. The summed E-state index contributed by atoms with van der Waals surface area (Å²) in [4.78, 5) is 1.69. The van der Waals surface area contributed by atoms with Crippen molar-refractivity contribution >= 4 is 27.5 Å². The fraction of sp³-hybridized carbons (Fsp3) is 0.133. The molecule has 0 unspecified atom stereocenters. The topological polar surface area (TPSA) is 53.1 Å². The molecule has 3 N–H and O–H groups in total. The molecular formula is C15H14BrF2N3. The van der Waals surface area contributed by atoms with Gasteiger partial charge in [-0.3, -0.25) is 5.41 Å². The van der Waals surface area contributed by atoms with Gasteiger partial charge in [-0.2, -0.15) is 0 Å². The van der Waals surface area contributed by atoms with Crippen LogP contribution in [0.3, 0.4) is 0 Å². The third-order valence-electron chi connectivity index (χ3n) is 3.13. The number of hydrogen-bond donors (Lipinski definition) is 2. The summed E-state index contributed by atoms with van der Waals surface area (Å²) in [6, 6.07) is 9.51. The number of halogens is 3. The molecule has 0 radical (unpaired) electrons. The summed E-state index contributed by atoms with van der Waals surface area (Å²) in [5.41, 5.74) is 6.72. The molecule has 0 atom stereocenters. The zero-order valence-electron chi connectivity index (χ0n) is 11.3. The van der Waals surface area contributed by atoms with Crippen LogP contribution in [0.25, 0.3) is 0 Å². The number of hydrogen-bond acceptors (Lipinski definition) is 2. The van der Waals surface area contributed by atoms with Crippen LogP contribution in [0.1, 0.15) is 11.1 Å². The Morgan fingerprint density at radius 1 is 1.29 bits per heavy atom. The van der Waals surface area contributed by atoms with Crippen molar-refractivity contribution in [3.8, 4) is 0 Å². The number of nitrogens with zero attached hydrogens (tertiary/aromatic N) is 1. The molecule has 21 heavy (non-hydrogen) atoms. The summed E-state index contributed by atoms with van der Waals surface area (Å²) >= 11 is 3.05. The lowest BCUT2D eigenvalue weighted by atomic mass is 10.1. The van der Waals surface area contributed by atoms with Crippen LogP contribution in [-0.4, -0.2) is 12.9 Å². The van der Waals surface area contributed by atoms with E-state index in [9.17, 15) is 8.78 Å². The van der Waals surface area contributed by atoms with E-state index >= 15 is 0 Å². The minimum Gasteiger partial charge on any atom is -0.384 e. The van der Waals surface area contributed by atoms with Crippen LogP contribution in [0.4, 0.5) is 14.5 Å². The fourth-order valence-corrected chi connectivity index (χ4v) is 2.32. The highest BCUT2D eigenvalue weighted by Crippen LogP contribution is 2.24. The standard InChI is InChI=1S/C15H14BrF2N3/c1-21(10-4-2-3-9(7-10)15(19)20)8-11-13(17)6-5-12(16)14(11)18/h2-7H,8H2,1H3,(H3,19,20). The van der Waals surface area contributed by atoms with E-state index in [1.165, 1.54) is 12.1 Å². The van der Waals surface area contributed by atoms with E-state index in [2.05, 4.69) is 15.9 Å². The van der Waals surface area contributed by atoms with Crippen molar-refractivity contribution in [1.29, 1.82) is 5.41 Å². The summed E-state index contributed by atoms with van der Waals surface area (Å²) in [5, 5.41) is 7.42. The van der Waals surface area contributed by atoms with E-state index in [1.54, 1.807) is 36.2 Å². The molecule has 0 heterocycles. The van der Waals surface area contributed by atoms with Gasteiger partial charge >= 0.3 is 0 Å². The molecule has 0 aromatic heterocycles. The van der Waals surface area contributed by atoms with Gasteiger partial charge in [0.2, 0.25) is 0 Å². The Bertz CT molecular complexity index is 689. The molecule has 0 fully saturated rings. The van der Waals surface area contributed by atoms with Gasteiger partial charge in [0.15, 0.2) is 0 Å². The first-order chi connectivity index (χ1) is 9.90. The summed E-state index contributed by atoms with van der Waals surface area (Å²) in [5.74, 6) is -1.25. The molecule has 6 heteroatoms. The van der Waals surface area contributed by atoms with Crippen LogP contribution in [-0.2, 0) is 6.54 Å². The Kier molecular flexibility index (Phi) is 4.57. The number of rotatable bonds is 4. The van der Waals surface area contributed by atoms with Crippen LogP contribution < -0.4 is 10.6 Å². The fourth-order valence-electron chi connectivity index (χ4n) is 1.95. The minimum absolute atomic E-state index is 0.0138. The van der Waals surface area contributed by atoms with Gasteiger partial charge in [0.1, 0.15) is 17.5 Å². The van der Waals surface area contributed by atoms with Gasteiger partial charge in [-0.05, 0) is 40.2 Å². The van der Waals surface area contributed by atoms with Crippen molar-refractivity contribution in [2.45, 2.75) is 6.54 Å². The summed E-state index contributed by atoms with van der Waals surface area (Å²) < 4.78 is 28.0. The lowest BCUT2D eigenvalue weighted by Gasteiger charge is -2.21. The maximum Gasteiger partial charge on any atom is 0.145 e. The van der Waals surface area contributed by atoms with Gasteiger partial charge in [-0.15, -0.1) is 0 Å². The van der Waals surface area contributed by atoms with E-state index in [0.29, 0.717) is 5.56 Å². The van der Waals surface area contributed by atoms with Crippen molar-refractivity contribution < 1.29 is 8.78 Å². The normalized spacial score (nSPS) is 10.5. The smallest absolute Gasteiger partial charge is 0.145 e. The second-order valence-corrected chi connectivity index (χ2v) is 5.50. The lowest BCUT2D eigenvalue weighted by Crippen LogP contribution is -2.19. The van der Waals surface area contributed by atoms with Gasteiger partial charge in [0, 0.05) is 30.4 Å². The zero-order valence-corrected chi connectivity index (χ0v) is 12.9. The van der Waals surface area contributed by atoms with Gasteiger partial charge in [0.05, 0.1) is 4.47 Å². The molecule has 2 rings (SSSR count). The zero-order chi connectivity index (χ0) is 15.6. The molecule has 110 valence electrons. The second-order valence-electron chi connectivity index (χ2n) is 4.64. The van der Waals surface area contributed by atoms with E-state index in [-0.39, 0.29) is 22.4 Å². The molecule has 0 aliphatic rings. The third-order valence-corrected chi connectivity index (χ3v) is 3.74. The molecule has 0 aliphatic carbocycles. The SMILES string of the molecule is CN(Cc1c(F)ccc(Br)c1F)c1cccc(C(=N)N)c1. The van der Waals surface area contributed by atoms with Crippen molar-refractivity contribution in [1.82, 2.24) is 0 Å². The quantitative estimate of drug-likeness (QED) is 0.500. The van der Waals surface area contributed by atoms with Gasteiger partial charge in [-0.25, -0.2) is 8.78 Å². The number of anilines is 1. The van der Waals surface area contributed by atoms with Crippen LogP contribution >= 0.6 is 15.9 Å². The van der Waals surface area contributed by atoms with E-state index in [1.807, 2.05) is 0 Å². The highest BCUT2D eigenvalue weighted by atomic mass is 79.9. The molecule has 3 nitrogen and oxygen atoms in total. The number of amidine groups is 1. The molecule has 0 saturated heterocycles. The maximum absolute atomic E-state index is 14.0. The summed E-state index contributed by atoms with van der Waals surface area (Å²) in [7, 11) is 1.72. The first-order valence-electron chi connectivity index (χ1n) is 6.18. The van der Waals surface area contributed by atoms with E-state index in [4.69, 9.17) is 11.1 Å². The van der Waals surface area contributed by atoms with E-state index < -0.39 is 11.6 Å². The maximum atomic E-state index is 14.0. The van der Waals surface area contributed by atoms with Crippen molar-refractivity contribution in [2.24, 2.45) is 5.73 Å². The Morgan fingerprint density at radius 2 is 2.00 bits per heavy atom. The van der Waals surface area contributed by atoms with Gasteiger partial charge < -0.3 is 10.6 Å². The third kappa shape index (κ3) is 3.39. The van der Waals surface area contributed by atoms with Crippen molar-refractivity contribution in [2.75, 3.05) is 11.9 Å². The molecule has 2 aromatic carbocycles. The first-order valence-corrected chi connectivity index (χ1v) is 6.97. The number of nitrogens with two attached hydrogens (primary N) is 1. The van der Waals surface area contributed by atoms with Gasteiger partial charge in [-0.1, -0.05) is 12.1 Å². The Morgan fingerprint density at radius 3 is 2.67 bits per heavy atom. The Labute approximate surface area is 130 Å². The van der Waals surface area contributed by atoms with E-state index in [0.717, 1.165) is 5.69 Å². The first kappa shape index (κ1) is 15.4. The van der Waals surface area contributed by atoms with Crippen molar-refractivity contribution in [3.05, 3.63) is 63.6 Å². The highest BCUT2D eigenvalue weighted by Gasteiger charge is 2.15. The number of nitrogens with one attached hydrogen (secondary N) is 1. The average molecular weight is 354 g/mol. The molecule has 0 aliphatic heterocycles. The Hall–Kier alpha value is -1.95. The lowest BCUT2D eigenvalue weighted by molar-refractivity contribution is 0.549. The van der Waals surface area contributed by atoms with Crippen LogP contribution in [0.15, 0.2) is 40.9 Å². The molecule has 0 spiro atoms. The predicted octanol–water partition coefficient (Wildman–Crippen LogP) is 3.65. The average Bonchev–Trinajstić information content (AvgIpc) is 2.47.